The fourth-order valence-corrected chi connectivity index (χ4v) is 1.92. The number of rotatable bonds is 9. The van der Waals surface area contributed by atoms with Crippen molar-refractivity contribution >= 4 is 48.0 Å². The average molecular weight is 387 g/mol. The van der Waals surface area contributed by atoms with E-state index in [0.717, 1.165) is 19.5 Å². The van der Waals surface area contributed by atoms with Crippen LogP contribution in [0, 0.1) is 0 Å². The lowest BCUT2D eigenvalue weighted by Crippen LogP contribution is -2.19. The number of carbonyl (C=O) groups excluding carboxylic acids is 1. The largest absolute Gasteiger partial charge is 0.491 e. The molecule has 1 aromatic carbocycles. The summed E-state index contributed by atoms with van der Waals surface area (Å²) in [5.41, 5.74) is 0.689. The van der Waals surface area contributed by atoms with Crippen molar-refractivity contribution in [2.24, 2.45) is 0 Å². The number of hydrogen-bond donors (Lipinski definition) is 2. The van der Waals surface area contributed by atoms with E-state index >= 15 is 0 Å². The van der Waals surface area contributed by atoms with E-state index in [4.69, 9.17) is 16.3 Å². The van der Waals surface area contributed by atoms with Crippen LogP contribution in [-0.2, 0) is 4.79 Å². The molecule has 5 nitrogen and oxygen atoms in total. The zero-order valence-electron chi connectivity index (χ0n) is 13.7. The lowest BCUT2D eigenvalue weighted by atomic mass is 10.2. The van der Waals surface area contributed by atoms with Gasteiger partial charge in [-0.3, -0.25) is 4.79 Å². The molecule has 2 N–H and O–H groups in total. The highest BCUT2D eigenvalue weighted by Gasteiger charge is 2.06. The molecule has 1 amide bonds. The quantitative estimate of drug-likeness (QED) is 0.640. The van der Waals surface area contributed by atoms with Gasteiger partial charge in [-0.25, -0.2) is 0 Å². The standard InChI is InChI=1S/C15H24ClN3O2.2ClH/c1-17-8-4-5-15(20)18-12-6-7-14(13(16)11-12)21-10-9-19(2)3;;/h6-7,11,17H,4-5,8-10H2,1-3H3,(H,18,20);2*1H. The summed E-state index contributed by atoms with van der Waals surface area (Å²) in [5.74, 6) is 0.620. The first-order valence-corrected chi connectivity index (χ1v) is 7.42. The Morgan fingerprint density at radius 3 is 2.57 bits per heavy atom. The van der Waals surface area contributed by atoms with Crippen LogP contribution in [0.2, 0.25) is 5.02 Å². The molecule has 0 spiro atoms. The molecule has 23 heavy (non-hydrogen) atoms. The van der Waals surface area contributed by atoms with E-state index in [1.165, 1.54) is 0 Å². The summed E-state index contributed by atoms with van der Waals surface area (Å²) in [5, 5.41) is 6.34. The molecule has 0 saturated heterocycles. The molecule has 0 aliphatic carbocycles. The van der Waals surface area contributed by atoms with Gasteiger partial charge in [-0.05, 0) is 52.3 Å². The van der Waals surface area contributed by atoms with E-state index < -0.39 is 0 Å². The van der Waals surface area contributed by atoms with E-state index in [2.05, 4.69) is 10.6 Å². The fraction of sp³-hybridized carbons (Fsp3) is 0.533. The first kappa shape index (κ1) is 24.5. The zero-order valence-corrected chi connectivity index (χ0v) is 16.1. The van der Waals surface area contributed by atoms with Gasteiger partial charge in [0.05, 0.1) is 5.02 Å². The maximum absolute atomic E-state index is 11.7. The Balaban J connectivity index is 0. The highest BCUT2D eigenvalue weighted by Crippen LogP contribution is 2.27. The predicted molar refractivity (Wildman–Crippen MR) is 102 cm³/mol. The summed E-state index contributed by atoms with van der Waals surface area (Å²) >= 11 is 6.16. The van der Waals surface area contributed by atoms with Gasteiger partial charge in [0, 0.05) is 18.7 Å². The van der Waals surface area contributed by atoms with Gasteiger partial charge in [-0.1, -0.05) is 11.6 Å². The number of hydrogen-bond acceptors (Lipinski definition) is 4. The first-order chi connectivity index (χ1) is 10.0. The molecule has 134 valence electrons. The SMILES string of the molecule is CNCCCC(=O)Nc1ccc(OCCN(C)C)c(Cl)c1.Cl.Cl. The van der Waals surface area contributed by atoms with Crippen molar-refractivity contribution < 1.29 is 9.53 Å². The van der Waals surface area contributed by atoms with E-state index in [9.17, 15) is 4.79 Å². The third kappa shape index (κ3) is 10.6. The summed E-state index contributed by atoms with van der Waals surface area (Å²) in [6.07, 6.45) is 1.29. The molecule has 0 fully saturated rings. The number of likely N-dealkylation sites (N-methyl/N-ethyl adjacent to an activating group) is 1. The monoisotopic (exact) mass is 385 g/mol. The van der Waals surface area contributed by atoms with Crippen LogP contribution in [0.1, 0.15) is 12.8 Å². The Morgan fingerprint density at radius 2 is 2.00 bits per heavy atom. The second kappa shape index (κ2) is 13.7. The van der Waals surface area contributed by atoms with Gasteiger partial charge in [0.2, 0.25) is 5.91 Å². The van der Waals surface area contributed by atoms with Gasteiger partial charge >= 0.3 is 0 Å². The Hall–Kier alpha value is -0.720. The number of amides is 1. The van der Waals surface area contributed by atoms with Gasteiger partial charge in [0.25, 0.3) is 0 Å². The number of ether oxygens (including phenoxy) is 1. The topological polar surface area (TPSA) is 53.6 Å². The molecular weight excluding hydrogens is 361 g/mol. The van der Waals surface area contributed by atoms with Gasteiger partial charge in [-0.15, -0.1) is 24.8 Å². The Labute approximate surface area is 155 Å². The molecule has 0 radical (unpaired) electrons. The second-order valence-electron chi connectivity index (χ2n) is 5.05. The minimum atomic E-state index is -0.0115. The highest BCUT2D eigenvalue weighted by molar-refractivity contribution is 6.32. The van der Waals surface area contributed by atoms with Crippen LogP contribution >= 0.6 is 36.4 Å². The van der Waals surface area contributed by atoms with Crippen molar-refractivity contribution in [3.05, 3.63) is 23.2 Å². The normalized spacial score (nSPS) is 9.78. The maximum Gasteiger partial charge on any atom is 0.224 e. The second-order valence-corrected chi connectivity index (χ2v) is 5.46. The summed E-state index contributed by atoms with van der Waals surface area (Å²) < 4.78 is 5.59. The van der Waals surface area contributed by atoms with Crippen molar-refractivity contribution in [1.29, 1.82) is 0 Å². The molecule has 8 heteroatoms. The molecule has 1 aromatic rings. The Kier molecular flexibility index (Phi) is 14.6. The fourth-order valence-electron chi connectivity index (χ4n) is 1.68. The molecule has 0 unspecified atom stereocenters. The molecule has 0 saturated carbocycles. The van der Waals surface area contributed by atoms with Crippen LogP contribution in [0.15, 0.2) is 18.2 Å². The van der Waals surface area contributed by atoms with Crippen LogP contribution in [-0.4, -0.2) is 51.6 Å². The smallest absolute Gasteiger partial charge is 0.224 e. The van der Waals surface area contributed by atoms with E-state index in [1.807, 2.05) is 26.0 Å². The van der Waals surface area contributed by atoms with Crippen molar-refractivity contribution in [1.82, 2.24) is 10.2 Å². The van der Waals surface area contributed by atoms with Crippen molar-refractivity contribution in [2.45, 2.75) is 12.8 Å². The number of nitrogens with one attached hydrogen (secondary N) is 2. The lowest BCUT2D eigenvalue weighted by molar-refractivity contribution is -0.116. The lowest BCUT2D eigenvalue weighted by Gasteiger charge is -2.13. The molecule has 1 rings (SSSR count). The summed E-state index contributed by atoms with van der Waals surface area (Å²) in [6.45, 7) is 2.22. The van der Waals surface area contributed by atoms with Gasteiger partial charge in [0.1, 0.15) is 12.4 Å². The predicted octanol–water partition coefficient (Wildman–Crippen LogP) is 3.06. The van der Waals surface area contributed by atoms with Crippen LogP contribution < -0.4 is 15.4 Å². The number of nitrogens with zero attached hydrogens (tertiary/aromatic N) is 1. The van der Waals surface area contributed by atoms with Crippen LogP contribution in [0.3, 0.4) is 0 Å². The van der Waals surface area contributed by atoms with E-state index in [-0.39, 0.29) is 30.7 Å². The van der Waals surface area contributed by atoms with Gasteiger partial charge < -0.3 is 20.3 Å². The number of carbonyl (C=O) groups is 1. The Morgan fingerprint density at radius 1 is 1.30 bits per heavy atom. The highest BCUT2D eigenvalue weighted by atomic mass is 35.5. The molecule has 0 atom stereocenters. The van der Waals surface area contributed by atoms with Crippen LogP contribution in [0.25, 0.3) is 0 Å². The first-order valence-electron chi connectivity index (χ1n) is 7.04. The van der Waals surface area contributed by atoms with Crippen molar-refractivity contribution in [3.8, 4) is 5.75 Å². The molecule has 0 bridgehead atoms. The summed E-state index contributed by atoms with van der Waals surface area (Å²) in [7, 11) is 5.84. The molecular formula is C15H26Cl3N3O2. The third-order valence-corrected chi connectivity index (χ3v) is 3.14. The van der Waals surface area contributed by atoms with E-state index in [0.29, 0.717) is 29.5 Å². The average Bonchev–Trinajstić information content (AvgIpc) is 2.41. The van der Waals surface area contributed by atoms with Crippen LogP contribution in [0.5, 0.6) is 5.75 Å². The minimum absolute atomic E-state index is 0. The summed E-state index contributed by atoms with van der Waals surface area (Å²) in [6, 6.07) is 5.29. The zero-order chi connectivity index (χ0) is 15.7. The maximum atomic E-state index is 11.7. The summed E-state index contributed by atoms with van der Waals surface area (Å²) in [4.78, 5) is 13.7. The molecule has 0 aliphatic rings. The number of benzene rings is 1. The Bertz CT molecular complexity index is 460. The third-order valence-electron chi connectivity index (χ3n) is 2.84. The van der Waals surface area contributed by atoms with Gasteiger partial charge in [-0.2, -0.15) is 0 Å². The minimum Gasteiger partial charge on any atom is -0.491 e. The molecule has 0 aliphatic heterocycles. The van der Waals surface area contributed by atoms with Gasteiger partial charge in [0.15, 0.2) is 0 Å². The molecule has 0 heterocycles. The molecule has 0 aromatic heterocycles. The number of halogens is 3. The van der Waals surface area contributed by atoms with Crippen molar-refractivity contribution in [2.75, 3.05) is 46.2 Å². The van der Waals surface area contributed by atoms with E-state index in [1.54, 1.807) is 18.2 Å². The van der Waals surface area contributed by atoms with Crippen LogP contribution in [0.4, 0.5) is 5.69 Å². The number of anilines is 1. The van der Waals surface area contributed by atoms with Crippen molar-refractivity contribution in [3.63, 3.8) is 0 Å².